The fourth-order valence-electron chi connectivity index (χ4n) is 9.75. The third-order valence-corrected chi connectivity index (χ3v) is 10.4. The lowest BCUT2D eigenvalue weighted by Crippen LogP contribution is -2.68. The number of aliphatic hydroxyl groups excluding tert-OH is 2. The first-order valence-electron chi connectivity index (χ1n) is 10.6. The van der Waals surface area contributed by atoms with E-state index in [-0.39, 0.29) is 40.0 Å². The second-order valence-electron chi connectivity index (χ2n) is 10.7. The van der Waals surface area contributed by atoms with Crippen molar-refractivity contribution in [3.05, 3.63) is 12.2 Å². The highest BCUT2D eigenvalue weighted by atomic mass is 16.3. The van der Waals surface area contributed by atoms with Crippen LogP contribution >= 0.6 is 0 Å². The average molecular weight is 357 g/mol. The Labute approximate surface area is 155 Å². The van der Waals surface area contributed by atoms with Gasteiger partial charge in [0.1, 0.15) is 5.78 Å². The summed E-state index contributed by atoms with van der Waals surface area (Å²) >= 11 is 0. The van der Waals surface area contributed by atoms with Gasteiger partial charge < -0.3 is 10.2 Å². The van der Waals surface area contributed by atoms with Gasteiger partial charge in [-0.05, 0) is 61.0 Å². The summed E-state index contributed by atoms with van der Waals surface area (Å²) < 4.78 is 0. The number of likely N-dealkylation sites (tertiary alicyclic amines) is 1. The minimum atomic E-state index is -0.561. The van der Waals surface area contributed by atoms with Crippen LogP contribution in [0.2, 0.25) is 0 Å². The van der Waals surface area contributed by atoms with Crippen LogP contribution in [0.3, 0.4) is 0 Å². The first-order chi connectivity index (χ1) is 12.3. The van der Waals surface area contributed by atoms with E-state index in [0.29, 0.717) is 24.3 Å². The predicted octanol–water partition coefficient (Wildman–Crippen LogP) is 2.00. The zero-order chi connectivity index (χ0) is 18.2. The zero-order valence-corrected chi connectivity index (χ0v) is 15.9. The topological polar surface area (TPSA) is 60.8 Å². The standard InChI is InChI=1S/C22H31NO3/c1-4-23-10-20(3)6-5-17(25)22-15(20)7-13(18(22)23)21-9-12(11(2)19(21)26)14(24)8-16(21)22/h12-13,15-19,25-26H,2,4-10H2,1,3H3/t12-,13+,15+,16-,17+,18+,19-,20+,21+,22+/m1/s1. The van der Waals surface area contributed by atoms with Crippen molar-refractivity contribution in [2.24, 2.45) is 39.9 Å². The molecule has 142 valence electrons. The lowest BCUT2D eigenvalue weighted by molar-refractivity contribution is -0.211. The largest absolute Gasteiger partial charge is 0.392 e. The Morgan fingerprint density at radius 2 is 2.08 bits per heavy atom. The summed E-state index contributed by atoms with van der Waals surface area (Å²) in [6.07, 6.45) is 3.50. The van der Waals surface area contributed by atoms with Gasteiger partial charge in [0.25, 0.3) is 0 Å². The Hall–Kier alpha value is -0.710. The highest BCUT2D eigenvalue weighted by Crippen LogP contribution is 2.83. The molecule has 5 aliphatic carbocycles. The van der Waals surface area contributed by atoms with Gasteiger partial charge in [0.15, 0.2) is 0 Å². The van der Waals surface area contributed by atoms with E-state index in [1.54, 1.807) is 0 Å². The minimum Gasteiger partial charge on any atom is -0.392 e. The second-order valence-corrected chi connectivity index (χ2v) is 10.7. The van der Waals surface area contributed by atoms with Gasteiger partial charge in [-0.1, -0.05) is 20.4 Å². The van der Waals surface area contributed by atoms with Gasteiger partial charge in [0.2, 0.25) is 0 Å². The van der Waals surface area contributed by atoms with Crippen LogP contribution in [0.25, 0.3) is 0 Å². The SMILES string of the molecule is C=C1[C@H]2C[C@@]3([C@@H]1O)[C@@H](CC2=O)[C@@]12[C@@H]4[C@@H]3C[C@H]1[C@@](C)(CC[C@@H]2O)CN4CC. The smallest absolute Gasteiger partial charge is 0.140 e. The van der Waals surface area contributed by atoms with Gasteiger partial charge in [-0.3, -0.25) is 9.69 Å². The number of nitrogens with zero attached hydrogens (tertiary/aromatic N) is 1. The molecule has 1 heterocycles. The molecule has 0 aromatic heterocycles. The van der Waals surface area contributed by atoms with Crippen molar-refractivity contribution < 1.29 is 15.0 Å². The molecule has 5 saturated carbocycles. The maximum atomic E-state index is 13.0. The summed E-state index contributed by atoms with van der Waals surface area (Å²) in [5.41, 5.74) is 0.598. The van der Waals surface area contributed by atoms with E-state index in [1.807, 2.05) is 0 Å². The molecule has 2 N–H and O–H groups in total. The van der Waals surface area contributed by atoms with Crippen molar-refractivity contribution in [3.8, 4) is 0 Å². The number of hydrogen-bond donors (Lipinski definition) is 2. The molecule has 6 rings (SSSR count). The lowest BCUT2D eigenvalue weighted by Gasteiger charge is -2.65. The average Bonchev–Trinajstić information content (AvgIpc) is 3.14. The molecule has 7 bridgehead atoms. The molecule has 1 aliphatic heterocycles. The molecule has 4 heteroatoms. The van der Waals surface area contributed by atoms with Gasteiger partial charge >= 0.3 is 0 Å². The number of fused-ring (bicyclic) bond motifs is 1. The molecule has 26 heavy (non-hydrogen) atoms. The van der Waals surface area contributed by atoms with Gasteiger partial charge in [0.05, 0.1) is 12.2 Å². The molecule has 6 aliphatic rings. The van der Waals surface area contributed by atoms with Crippen LogP contribution < -0.4 is 0 Å². The summed E-state index contributed by atoms with van der Waals surface area (Å²) in [6.45, 7) is 10.9. The van der Waals surface area contributed by atoms with E-state index in [0.717, 1.165) is 44.3 Å². The van der Waals surface area contributed by atoms with E-state index in [2.05, 4.69) is 25.3 Å². The normalized spacial score (nSPS) is 62.7. The summed E-state index contributed by atoms with van der Waals surface area (Å²) in [5, 5.41) is 22.8. The molecule has 0 aromatic carbocycles. The molecule has 0 amide bonds. The molecular formula is C22H31NO3. The van der Waals surface area contributed by atoms with Gasteiger partial charge in [-0.25, -0.2) is 0 Å². The Morgan fingerprint density at radius 1 is 1.31 bits per heavy atom. The van der Waals surface area contributed by atoms with Crippen LogP contribution in [0.1, 0.15) is 46.0 Å². The first-order valence-corrected chi connectivity index (χ1v) is 10.6. The molecule has 0 unspecified atom stereocenters. The Morgan fingerprint density at radius 3 is 2.81 bits per heavy atom. The van der Waals surface area contributed by atoms with E-state index in [1.165, 1.54) is 0 Å². The highest BCUT2D eigenvalue weighted by Gasteiger charge is 2.85. The van der Waals surface area contributed by atoms with Crippen LogP contribution in [0.5, 0.6) is 0 Å². The van der Waals surface area contributed by atoms with Crippen molar-refractivity contribution in [1.29, 1.82) is 0 Å². The van der Waals surface area contributed by atoms with Crippen LogP contribution in [-0.4, -0.2) is 52.2 Å². The summed E-state index contributed by atoms with van der Waals surface area (Å²) in [5.74, 6) is 1.16. The number of ketones is 1. The highest BCUT2D eigenvalue weighted by molar-refractivity contribution is 5.87. The van der Waals surface area contributed by atoms with Crippen LogP contribution in [0.15, 0.2) is 12.2 Å². The molecular weight excluding hydrogens is 326 g/mol. The monoisotopic (exact) mass is 357 g/mol. The predicted molar refractivity (Wildman–Crippen MR) is 97.2 cm³/mol. The number of hydrogen-bond acceptors (Lipinski definition) is 4. The molecule has 2 spiro atoms. The third kappa shape index (κ3) is 1.33. The van der Waals surface area contributed by atoms with E-state index >= 15 is 0 Å². The van der Waals surface area contributed by atoms with Crippen molar-refractivity contribution in [2.45, 2.75) is 64.2 Å². The summed E-state index contributed by atoms with van der Waals surface area (Å²) in [7, 11) is 0. The molecule has 1 saturated heterocycles. The summed E-state index contributed by atoms with van der Waals surface area (Å²) in [4.78, 5) is 15.6. The summed E-state index contributed by atoms with van der Waals surface area (Å²) in [6, 6.07) is 0.331. The molecule has 4 nitrogen and oxygen atoms in total. The van der Waals surface area contributed by atoms with Crippen molar-refractivity contribution in [3.63, 3.8) is 0 Å². The Kier molecular flexibility index (Phi) is 2.80. The van der Waals surface area contributed by atoms with Crippen LogP contribution in [0, 0.1) is 39.9 Å². The van der Waals surface area contributed by atoms with Crippen LogP contribution in [-0.2, 0) is 4.79 Å². The fraction of sp³-hybridized carbons (Fsp3) is 0.864. The number of carbonyl (C=O) groups is 1. The molecule has 10 atom stereocenters. The zero-order valence-electron chi connectivity index (χ0n) is 15.9. The maximum Gasteiger partial charge on any atom is 0.140 e. The van der Waals surface area contributed by atoms with E-state index in [4.69, 9.17) is 0 Å². The maximum absolute atomic E-state index is 13.0. The number of aliphatic hydroxyl groups is 2. The Bertz CT molecular complexity index is 735. The number of piperidine rings is 1. The van der Waals surface area contributed by atoms with Crippen molar-refractivity contribution in [1.82, 2.24) is 4.90 Å². The van der Waals surface area contributed by atoms with Gasteiger partial charge in [-0.2, -0.15) is 0 Å². The minimum absolute atomic E-state index is 0.130. The second kappa shape index (κ2) is 4.47. The van der Waals surface area contributed by atoms with Crippen LogP contribution in [0.4, 0.5) is 0 Å². The Balaban J connectivity index is 1.62. The number of carbonyl (C=O) groups excluding carboxylic acids is 1. The van der Waals surface area contributed by atoms with E-state index < -0.39 is 6.10 Å². The number of Topliss-reactive ketones (excluding diaryl/α,β-unsaturated/α-hetero) is 1. The third-order valence-electron chi connectivity index (χ3n) is 10.4. The lowest BCUT2D eigenvalue weighted by atomic mass is 9.43. The van der Waals surface area contributed by atoms with Crippen molar-refractivity contribution in [2.75, 3.05) is 13.1 Å². The fourth-order valence-corrected chi connectivity index (χ4v) is 9.75. The molecule has 0 aromatic rings. The van der Waals surface area contributed by atoms with Crippen molar-refractivity contribution >= 4 is 5.78 Å². The van der Waals surface area contributed by atoms with Gasteiger partial charge in [0, 0.05) is 35.8 Å². The van der Waals surface area contributed by atoms with E-state index in [9.17, 15) is 15.0 Å². The van der Waals surface area contributed by atoms with Gasteiger partial charge in [-0.15, -0.1) is 0 Å². The molecule has 0 radical (unpaired) electrons. The first kappa shape index (κ1) is 16.3. The molecule has 6 fully saturated rings. The quantitative estimate of drug-likeness (QED) is 0.705. The number of rotatable bonds is 1.